The van der Waals surface area contributed by atoms with Crippen LogP contribution in [0.25, 0.3) is 0 Å². The summed E-state index contributed by atoms with van der Waals surface area (Å²) in [6.45, 7) is 1.74. The quantitative estimate of drug-likeness (QED) is 0.885. The zero-order valence-electron chi connectivity index (χ0n) is 10.9. The third-order valence-electron chi connectivity index (χ3n) is 2.91. The van der Waals surface area contributed by atoms with Crippen LogP contribution in [0, 0.1) is 0 Å². The third-order valence-corrected chi connectivity index (χ3v) is 3.16. The van der Waals surface area contributed by atoms with Crippen LogP contribution in [0.2, 0.25) is 5.02 Å². The molecule has 0 fully saturated rings. The fourth-order valence-corrected chi connectivity index (χ4v) is 1.95. The Bertz CT molecular complexity index is 554. The van der Waals surface area contributed by atoms with Gasteiger partial charge in [-0.2, -0.15) is 0 Å². The maximum absolute atomic E-state index is 11.8. The number of benzene rings is 1. The maximum Gasteiger partial charge on any atom is 0.226 e. The summed E-state index contributed by atoms with van der Waals surface area (Å²) in [5, 5.41) is 17.2. The number of amides is 1. The van der Waals surface area contributed by atoms with Crippen LogP contribution in [-0.4, -0.2) is 22.2 Å². The number of rotatable bonds is 5. The van der Waals surface area contributed by atoms with E-state index >= 15 is 0 Å². The number of aliphatic hydroxyl groups excluding tert-OH is 1. The van der Waals surface area contributed by atoms with E-state index in [4.69, 9.17) is 11.6 Å². The first kappa shape index (κ1) is 14.6. The molecular weight excluding hydrogens is 280 g/mol. The van der Waals surface area contributed by atoms with Crippen molar-refractivity contribution in [3.8, 4) is 0 Å². The van der Waals surface area contributed by atoms with Gasteiger partial charge in [0.05, 0.1) is 24.3 Å². The van der Waals surface area contributed by atoms with Gasteiger partial charge in [-0.1, -0.05) is 28.9 Å². The van der Waals surface area contributed by atoms with Crippen molar-refractivity contribution >= 4 is 17.5 Å². The van der Waals surface area contributed by atoms with Crippen LogP contribution in [-0.2, 0) is 11.2 Å². The molecule has 2 N–H and O–H groups in total. The average molecular weight is 295 g/mol. The summed E-state index contributed by atoms with van der Waals surface area (Å²) in [4.78, 5) is 11.8. The van der Waals surface area contributed by atoms with Gasteiger partial charge < -0.3 is 14.9 Å². The highest BCUT2D eigenvalue weighted by atomic mass is 35.5. The molecule has 1 amide bonds. The van der Waals surface area contributed by atoms with Crippen LogP contribution in [0.4, 0.5) is 0 Å². The molecule has 20 heavy (non-hydrogen) atoms. The van der Waals surface area contributed by atoms with E-state index in [2.05, 4.69) is 15.0 Å². The number of aromatic nitrogens is 1. The molecule has 0 aliphatic carbocycles. The summed E-state index contributed by atoms with van der Waals surface area (Å²) >= 11 is 5.79. The summed E-state index contributed by atoms with van der Waals surface area (Å²) in [5.41, 5.74) is 1.25. The second-order valence-corrected chi connectivity index (χ2v) is 4.96. The zero-order chi connectivity index (χ0) is 14.5. The molecule has 0 radical (unpaired) electrons. The van der Waals surface area contributed by atoms with E-state index in [1.54, 1.807) is 37.3 Å². The molecule has 0 bridgehead atoms. The van der Waals surface area contributed by atoms with E-state index in [-0.39, 0.29) is 12.3 Å². The number of hydrogen-bond acceptors (Lipinski definition) is 4. The Morgan fingerprint density at radius 2 is 2.10 bits per heavy atom. The van der Waals surface area contributed by atoms with Crippen molar-refractivity contribution in [1.29, 1.82) is 0 Å². The first-order valence-electron chi connectivity index (χ1n) is 6.18. The normalized spacial score (nSPS) is 13.8. The van der Waals surface area contributed by atoms with Gasteiger partial charge in [0.1, 0.15) is 6.26 Å². The number of carbonyl (C=O) groups is 1. The van der Waals surface area contributed by atoms with Gasteiger partial charge in [-0.05, 0) is 24.6 Å². The highest BCUT2D eigenvalue weighted by Crippen LogP contribution is 2.19. The largest absolute Gasteiger partial charge is 0.386 e. The number of aliphatic hydroxyl groups is 1. The Morgan fingerprint density at radius 3 is 2.70 bits per heavy atom. The van der Waals surface area contributed by atoms with Crippen molar-refractivity contribution in [3.63, 3.8) is 0 Å². The second kappa shape index (κ2) is 6.54. The Kier molecular flexibility index (Phi) is 4.76. The molecule has 0 aliphatic rings. The van der Waals surface area contributed by atoms with E-state index < -0.39 is 12.1 Å². The molecule has 1 aromatic heterocycles. The molecule has 0 saturated heterocycles. The smallest absolute Gasteiger partial charge is 0.226 e. The molecular formula is C14H15ClN2O3. The molecule has 6 heteroatoms. The van der Waals surface area contributed by atoms with Crippen LogP contribution in [0.15, 0.2) is 41.1 Å². The van der Waals surface area contributed by atoms with Crippen molar-refractivity contribution < 1.29 is 14.4 Å². The van der Waals surface area contributed by atoms with Gasteiger partial charge in [-0.25, -0.2) is 0 Å². The molecule has 106 valence electrons. The van der Waals surface area contributed by atoms with Crippen LogP contribution < -0.4 is 5.32 Å². The lowest BCUT2D eigenvalue weighted by molar-refractivity contribution is -0.121. The lowest BCUT2D eigenvalue weighted by Gasteiger charge is -2.20. The Labute approximate surface area is 121 Å². The van der Waals surface area contributed by atoms with Crippen LogP contribution >= 0.6 is 11.6 Å². The number of hydrogen-bond donors (Lipinski definition) is 2. The van der Waals surface area contributed by atoms with Gasteiger partial charge in [0.25, 0.3) is 0 Å². The Balaban J connectivity index is 1.91. The van der Waals surface area contributed by atoms with E-state index in [1.165, 1.54) is 6.26 Å². The standard InChI is InChI=1S/C14H15ClN2O3/c1-9(14(19)10-2-4-11(15)5-3-10)16-13(18)8-12-6-7-20-17-12/h2-7,9,14,19H,8H2,1H3,(H,16,18)/t9-,14-/m0/s1. The minimum absolute atomic E-state index is 0.119. The summed E-state index contributed by atoms with van der Waals surface area (Å²) in [7, 11) is 0. The molecule has 5 nitrogen and oxygen atoms in total. The molecule has 0 spiro atoms. The fraction of sp³-hybridized carbons (Fsp3) is 0.286. The third kappa shape index (κ3) is 3.82. The minimum Gasteiger partial charge on any atom is -0.386 e. The molecule has 2 aromatic rings. The second-order valence-electron chi connectivity index (χ2n) is 4.52. The van der Waals surface area contributed by atoms with Crippen molar-refractivity contribution in [2.45, 2.75) is 25.5 Å². The van der Waals surface area contributed by atoms with Crippen LogP contribution in [0.3, 0.4) is 0 Å². The lowest BCUT2D eigenvalue weighted by Crippen LogP contribution is -2.38. The van der Waals surface area contributed by atoms with Gasteiger partial charge in [0.2, 0.25) is 5.91 Å². The van der Waals surface area contributed by atoms with Crippen LogP contribution in [0.5, 0.6) is 0 Å². The predicted molar refractivity (Wildman–Crippen MR) is 74.2 cm³/mol. The van der Waals surface area contributed by atoms with E-state index in [1.807, 2.05) is 0 Å². The number of halogens is 1. The number of nitrogens with zero attached hydrogens (tertiary/aromatic N) is 1. The number of nitrogens with one attached hydrogen (secondary N) is 1. The number of carbonyl (C=O) groups excluding carboxylic acids is 1. The highest BCUT2D eigenvalue weighted by molar-refractivity contribution is 6.30. The first-order chi connectivity index (χ1) is 9.56. The van der Waals surface area contributed by atoms with Crippen molar-refractivity contribution in [3.05, 3.63) is 52.9 Å². The Morgan fingerprint density at radius 1 is 1.40 bits per heavy atom. The molecule has 1 aromatic carbocycles. The highest BCUT2D eigenvalue weighted by Gasteiger charge is 2.18. The van der Waals surface area contributed by atoms with Crippen molar-refractivity contribution in [2.24, 2.45) is 0 Å². The van der Waals surface area contributed by atoms with Crippen LogP contribution in [0.1, 0.15) is 24.3 Å². The minimum atomic E-state index is -0.798. The molecule has 1 heterocycles. The van der Waals surface area contributed by atoms with Gasteiger partial charge >= 0.3 is 0 Å². The predicted octanol–water partition coefficient (Wildman–Crippen LogP) is 2.11. The van der Waals surface area contributed by atoms with Crippen molar-refractivity contribution in [2.75, 3.05) is 0 Å². The molecule has 0 saturated carbocycles. The van der Waals surface area contributed by atoms with Crippen molar-refractivity contribution in [1.82, 2.24) is 10.5 Å². The molecule has 0 unspecified atom stereocenters. The molecule has 0 aliphatic heterocycles. The zero-order valence-corrected chi connectivity index (χ0v) is 11.7. The SMILES string of the molecule is C[C@H](NC(=O)Cc1ccon1)[C@H](O)c1ccc(Cl)cc1. The van der Waals surface area contributed by atoms with E-state index in [9.17, 15) is 9.90 Å². The summed E-state index contributed by atoms with van der Waals surface area (Å²) in [6, 6.07) is 8.06. The maximum atomic E-state index is 11.8. The molecule has 2 rings (SSSR count). The summed E-state index contributed by atoms with van der Waals surface area (Å²) in [6.07, 6.45) is 0.733. The van der Waals surface area contributed by atoms with Gasteiger partial charge in [0.15, 0.2) is 0 Å². The lowest BCUT2D eigenvalue weighted by atomic mass is 10.0. The molecule has 2 atom stereocenters. The summed E-state index contributed by atoms with van der Waals surface area (Å²) < 4.78 is 4.66. The van der Waals surface area contributed by atoms with Gasteiger partial charge in [-0.3, -0.25) is 4.79 Å². The van der Waals surface area contributed by atoms with Gasteiger partial charge in [0, 0.05) is 11.1 Å². The monoisotopic (exact) mass is 294 g/mol. The first-order valence-corrected chi connectivity index (χ1v) is 6.56. The topological polar surface area (TPSA) is 75.4 Å². The van der Waals surface area contributed by atoms with E-state index in [0.29, 0.717) is 16.3 Å². The fourth-order valence-electron chi connectivity index (χ4n) is 1.83. The Hall–Kier alpha value is -1.85. The average Bonchev–Trinajstić information content (AvgIpc) is 2.91. The summed E-state index contributed by atoms with van der Waals surface area (Å²) in [5.74, 6) is -0.223. The van der Waals surface area contributed by atoms with E-state index in [0.717, 1.165) is 0 Å². The van der Waals surface area contributed by atoms with Gasteiger partial charge in [-0.15, -0.1) is 0 Å².